The number of rotatable bonds is 5. The van der Waals surface area contributed by atoms with Crippen LogP contribution in [0.2, 0.25) is 0 Å². The molecule has 24 heavy (non-hydrogen) atoms. The number of benzene rings is 2. The van der Waals surface area contributed by atoms with Gasteiger partial charge in [-0.05, 0) is 31.0 Å². The monoisotopic (exact) mass is 327 g/mol. The minimum atomic E-state index is -0.943. The van der Waals surface area contributed by atoms with Gasteiger partial charge in [-0.15, -0.1) is 0 Å². The van der Waals surface area contributed by atoms with Crippen molar-refractivity contribution in [2.24, 2.45) is 0 Å². The summed E-state index contributed by atoms with van der Waals surface area (Å²) in [7, 11) is 1.63. The molecule has 2 aromatic carbocycles. The van der Waals surface area contributed by atoms with Gasteiger partial charge in [0.25, 0.3) is 0 Å². The highest BCUT2D eigenvalue weighted by Gasteiger charge is 2.37. The molecule has 1 fully saturated rings. The van der Waals surface area contributed by atoms with Crippen molar-refractivity contribution in [3.8, 4) is 5.75 Å². The fourth-order valence-electron chi connectivity index (χ4n) is 3.55. The van der Waals surface area contributed by atoms with Gasteiger partial charge in [0.15, 0.2) is 0 Å². The van der Waals surface area contributed by atoms with Gasteiger partial charge in [0.2, 0.25) is 0 Å². The van der Waals surface area contributed by atoms with Gasteiger partial charge in [-0.25, -0.2) is 0 Å². The second kappa shape index (κ2) is 7.34. The van der Waals surface area contributed by atoms with E-state index in [1.54, 1.807) is 7.11 Å². The fraction of sp³-hybridized carbons (Fsp3) is 0.400. The third-order valence-corrected chi connectivity index (χ3v) is 4.77. The molecule has 2 N–H and O–H groups in total. The van der Waals surface area contributed by atoms with Crippen LogP contribution in [0.15, 0.2) is 54.6 Å². The van der Waals surface area contributed by atoms with Crippen molar-refractivity contribution in [1.29, 1.82) is 0 Å². The fourth-order valence-corrected chi connectivity index (χ4v) is 3.55. The summed E-state index contributed by atoms with van der Waals surface area (Å²) in [6.07, 6.45) is 1.03. The third-order valence-electron chi connectivity index (χ3n) is 4.77. The van der Waals surface area contributed by atoms with Gasteiger partial charge in [-0.3, -0.25) is 4.90 Å². The number of ether oxygens (including phenoxy) is 1. The molecule has 2 aromatic rings. The van der Waals surface area contributed by atoms with Gasteiger partial charge >= 0.3 is 0 Å². The molecule has 3 rings (SSSR count). The summed E-state index contributed by atoms with van der Waals surface area (Å²) in [5, 5.41) is 21.7. The number of para-hydroxylation sites is 1. The van der Waals surface area contributed by atoms with Crippen molar-refractivity contribution in [2.45, 2.75) is 24.5 Å². The van der Waals surface area contributed by atoms with Crippen LogP contribution in [0.1, 0.15) is 30.1 Å². The molecular formula is C20H25NO3. The predicted octanol–water partition coefficient (Wildman–Crippen LogP) is 2.71. The van der Waals surface area contributed by atoms with E-state index in [2.05, 4.69) is 4.90 Å². The molecule has 0 amide bonds. The Balaban J connectivity index is 1.74. The molecule has 0 aliphatic carbocycles. The number of β-amino-alcohol motifs (C(OH)–C–C–N with tert-alkyl or cyclic N) is 2. The first-order valence-electron chi connectivity index (χ1n) is 8.43. The summed E-state index contributed by atoms with van der Waals surface area (Å²) < 4.78 is 5.42. The zero-order chi connectivity index (χ0) is 17.0. The Bertz CT molecular complexity index is 661. The lowest BCUT2D eigenvalue weighted by Gasteiger charge is -2.40. The van der Waals surface area contributed by atoms with Crippen LogP contribution in [0.25, 0.3) is 0 Å². The van der Waals surface area contributed by atoms with E-state index in [0.717, 1.165) is 24.1 Å². The number of likely N-dealkylation sites (tertiary alicyclic amines) is 1. The van der Waals surface area contributed by atoms with Gasteiger partial charge in [0, 0.05) is 18.7 Å². The smallest absolute Gasteiger partial charge is 0.124 e. The van der Waals surface area contributed by atoms with Crippen LogP contribution >= 0.6 is 0 Å². The average molecular weight is 327 g/mol. The standard InChI is InChI=1S/C20H25NO3/c1-24-19-11-6-5-10-17(19)20(23)12-7-13-21(15-20)14-18(22)16-8-3-2-4-9-16/h2-6,8-11,18,22-23H,7,12-15H2,1H3. The van der Waals surface area contributed by atoms with Crippen molar-refractivity contribution < 1.29 is 14.9 Å². The molecule has 1 aliphatic heterocycles. The van der Waals surface area contributed by atoms with Crippen LogP contribution in [0.4, 0.5) is 0 Å². The Kier molecular flexibility index (Phi) is 5.19. The topological polar surface area (TPSA) is 52.9 Å². The van der Waals surface area contributed by atoms with E-state index >= 15 is 0 Å². The lowest BCUT2D eigenvalue weighted by atomic mass is 9.85. The zero-order valence-corrected chi connectivity index (χ0v) is 14.1. The lowest BCUT2D eigenvalue weighted by Crippen LogP contribution is -2.47. The Hall–Kier alpha value is -1.88. The molecule has 1 aliphatic rings. The molecule has 1 heterocycles. The molecule has 0 spiro atoms. The van der Waals surface area contributed by atoms with E-state index in [-0.39, 0.29) is 0 Å². The molecule has 4 nitrogen and oxygen atoms in total. The summed E-state index contributed by atoms with van der Waals surface area (Å²) in [6.45, 7) is 1.89. The van der Waals surface area contributed by atoms with Crippen molar-refractivity contribution in [1.82, 2.24) is 4.90 Å². The van der Waals surface area contributed by atoms with E-state index < -0.39 is 11.7 Å². The minimum absolute atomic E-state index is 0.497. The average Bonchev–Trinajstić information content (AvgIpc) is 2.62. The number of hydrogen-bond donors (Lipinski definition) is 2. The largest absolute Gasteiger partial charge is 0.496 e. The second-order valence-electron chi connectivity index (χ2n) is 6.50. The van der Waals surface area contributed by atoms with Crippen LogP contribution in [0.3, 0.4) is 0 Å². The Labute approximate surface area is 143 Å². The van der Waals surface area contributed by atoms with E-state index in [0.29, 0.717) is 25.3 Å². The molecule has 128 valence electrons. The maximum Gasteiger partial charge on any atom is 0.124 e. The predicted molar refractivity (Wildman–Crippen MR) is 94.0 cm³/mol. The Morgan fingerprint density at radius 2 is 1.83 bits per heavy atom. The molecular weight excluding hydrogens is 302 g/mol. The van der Waals surface area contributed by atoms with E-state index in [1.807, 2.05) is 54.6 Å². The van der Waals surface area contributed by atoms with Gasteiger partial charge in [-0.2, -0.15) is 0 Å². The van der Waals surface area contributed by atoms with Crippen LogP contribution in [0.5, 0.6) is 5.75 Å². The summed E-state index contributed by atoms with van der Waals surface area (Å²) in [4.78, 5) is 2.13. The van der Waals surface area contributed by atoms with E-state index in [4.69, 9.17) is 4.74 Å². The highest BCUT2D eigenvalue weighted by Crippen LogP contribution is 2.37. The number of methoxy groups -OCH3 is 1. The van der Waals surface area contributed by atoms with Crippen molar-refractivity contribution in [3.63, 3.8) is 0 Å². The van der Waals surface area contributed by atoms with Crippen molar-refractivity contribution >= 4 is 0 Å². The molecule has 1 saturated heterocycles. The number of aliphatic hydroxyl groups is 2. The summed E-state index contributed by atoms with van der Waals surface area (Å²) in [6, 6.07) is 17.3. The first-order chi connectivity index (χ1) is 11.6. The minimum Gasteiger partial charge on any atom is -0.496 e. The molecule has 0 saturated carbocycles. The van der Waals surface area contributed by atoms with Crippen molar-refractivity contribution in [3.05, 3.63) is 65.7 Å². The summed E-state index contributed by atoms with van der Waals surface area (Å²) >= 11 is 0. The van der Waals surface area contributed by atoms with Gasteiger partial charge in [0.1, 0.15) is 11.4 Å². The summed E-state index contributed by atoms with van der Waals surface area (Å²) in [5.41, 5.74) is 0.789. The SMILES string of the molecule is COc1ccccc1C1(O)CCCN(CC(O)c2ccccc2)C1. The highest BCUT2D eigenvalue weighted by atomic mass is 16.5. The first kappa shape index (κ1) is 17.0. The number of nitrogens with zero attached hydrogens (tertiary/aromatic N) is 1. The number of aliphatic hydroxyl groups excluding tert-OH is 1. The Morgan fingerprint density at radius 1 is 1.12 bits per heavy atom. The molecule has 2 atom stereocenters. The highest BCUT2D eigenvalue weighted by molar-refractivity contribution is 5.38. The summed E-state index contributed by atoms with van der Waals surface area (Å²) in [5.74, 6) is 0.713. The van der Waals surface area contributed by atoms with Crippen LogP contribution in [0, 0.1) is 0 Å². The molecule has 4 heteroatoms. The van der Waals surface area contributed by atoms with Gasteiger partial charge < -0.3 is 14.9 Å². The lowest BCUT2D eigenvalue weighted by molar-refractivity contribution is -0.0474. The van der Waals surface area contributed by atoms with Gasteiger partial charge in [-0.1, -0.05) is 48.5 Å². The maximum atomic E-state index is 11.2. The molecule has 0 bridgehead atoms. The number of piperidine rings is 1. The van der Waals surface area contributed by atoms with E-state index in [9.17, 15) is 10.2 Å². The Morgan fingerprint density at radius 3 is 2.58 bits per heavy atom. The molecule has 0 aromatic heterocycles. The third kappa shape index (κ3) is 3.61. The van der Waals surface area contributed by atoms with E-state index in [1.165, 1.54) is 0 Å². The first-order valence-corrected chi connectivity index (χ1v) is 8.43. The van der Waals surface area contributed by atoms with Crippen LogP contribution in [-0.2, 0) is 5.60 Å². The maximum absolute atomic E-state index is 11.2. The normalized spacial score (nSPS) is 23.0. The van der Waals surface area contributed by atoms with Gasteiger partial charge in [0.05, 0.1) is 13.2 Å². The zero-order valence-electron chi connectivity index (χ0n) is 14.1. The number of hydrogen-bond acceptors (Lipinski definition) is 4. The molecule has 2 unspecified atom stereocenters. The quantitative estimate of drug-likeness (QED) is 0.887. The van der Waals surface area contributed by atoms with Crippen LogP contribution < -0.4 is 4.74 Å². The van der Waals surface area contributed by atoms with Crippen molar-refractivity contribution in [2.75, 3.05) is 26.7 Å². The van der Waals surface area contributed by atoms with Crippen LogP contribution in [-0.4, -0.2) is 41.9 Å². The molecule has 0 radical (unpaired) electrons. The second-order valence-corrected chi connectivity index (χ2v) is 6.50.